The zero-order valence-electron chi connectivity index (χ0n) is 12.6. The number of benzene rings is 1. The first kappa shape index (κ1) is 17.9. The Morgan fingerprint density at radius 3 is 2.76 bits per heavy atom. The zero-order chi connectivity index (χ0) is 15.8. The number of aliphatic hydroxyl groups excluding tert-OH is 1. The highest BCUT2D eigenvalue weighted by Crippen LogP contribution is 2.29. The SMILES string of the molecule is COCCCNC(=O)C(C)Oc1ccc(Br)cc1C(C)O. The average Bonchev–Trinajstić information content (AvgIpc) is 2.44. The van der Waals surface area contributed by atoms with Gasteiger partial charge < -0.3 is 19.9 Å². The Balaban J connectivity index is 2.61. The van der Waals surface area contributed by atoms with Gasteiger partial charge in [-0.3, -0.25) is 4.79 Å². The molecule has 2 atom stereocenters. The van der Waals surface area contributed by atoms with Crippen LogP contribution in [-0.4, -0.2) is 37.4 Å². The second kappa shape index (κ2) is 9.02. The molecule has 5 nitrogen and oxygen atoms in total. The number of ether oxygens (including phenoxy) is 2. The van der Waals surface area contributed by atoms with Crippen molar-refractivity contribution in [3.05, 3.63) is 28.2 Å². The van der Waals surface area contributed by atoms with Gasteiger partial charge in [-0.2, -0.15) is 0 Å². The lowest BCUT2D eigenvalue weighted by atomic mass is 10.1. The van der Waals surface area contributed by atoms with Crippen molar-refractivity contribution in [2.45, 2.75) is 32.5 Å². The van der Waals surface area contributed by atoms with Gasteiger partial charge in [-0.15, -0.1) is 0 Å². The molecule has 0 saturated heterocycles. The van der Waals surface area contributed by atoms with Gasteiger partial charge in [0.05, 0.1) is 6.10 Å². The fourth-order valence-corrected chi connectivity index (χ4v) is 2.15. The summed E-state index contributed by atoms with van der Waals surface area (Å²) in [7, 11) is 1.62. The largest absolute Gasteiger partial charge is 0.481 e. The molecule has 1 amide bonds. The van der Waals surface area contributed by atoms with Crippen LogP contribution in [0.4, 0.5) is 0 Å². The minimum Gasteiger partial charge on any atom is -0.481 e. The van der Waals surface area contributed by atoms with Crippen molar-refractivity contribution >= 4 is 21.8 Å². The summed E-state index contributed by atoms with van der Waals surface area (Å²) in [4.78, 5) is 11.9. The molecule has 0 fully saturated rings. The van der Waals surface area contributed by atoms with Gasteiger partial charge in [0.25, 0.3) is 5.91 Å². The topological polar surface area (TPSA) is 67.8 Å². The fourth-order valence-electron chi connectivity index (χ4n) is 1.77. The van der Waals surface area contributed by atoms with Crippen LogP contribution in [0.5, 0.6) is 5.75 Å². The molecule has 0 aliphatic rings. The van der Waals surface area contributed by atoms with E-state index in [0.29, 0.717) is 24.5 Å². The van der Waals surface area contributed by atoms with E-state index in [1.54, 1.807) is 33.1 Å². The molecule has 0 aliphatic heterocycles. The van der Waals surface area contributed by atoms with E-state index in [1.807, 2.05) is 6.07 Å². The Bertz CT molecular complexity index is 465. The first-order valence-corrected chi connectivity index (χ1v) is 7.65. The first-order valence-electron chi connectivity index (χ1n) is 6.86. The summed E-state index contributed by atoms with van der Waals surface area (Å²) in [5, 5.41) is 12.5. The minimum atomic E-state index is -0.672. The van der Waals surface area contributed by atoms with Gasteiger partial charge in [0.15, 0.2) is 6.10 Å². The van der Waals surface area contributed by atoms with E-state index in [4.69, 9.17) is 9.47 Å². The second-order valence-electron chi connectivity index (χ2n) is 4.76. The van der Waals surface area contributed by atoms with Crippen LogP contribution in [0.25, 0.3) is 0 Å². The normalized spacial score (nSPS) is 13.6. The fraction of sp³-hybridized carbons (Fsp3) is 0.533. The number of halogens is 1. The summed E-state index contributed by atoms with van der Waals surface area (Å²) >= 11 is 3.35. The number of nitrogens with one attached hydrogen (secondary N) is 1. The van der Waals surface area contributed by atoms with E-state index >= 15 is 0 Å². The maximum Gasteiger partial charge on any atom is 0.260 e. The van der Waals surface area contributed by atoms with E-state index < -0.39 is 12.2 Å². The number of methoxy groups -OCH3 is 1. The van der Waals surface area contributed by atoms with Gasteiger partial charge in [0.2, 0.25) is 0 Å². The Kier molecular flexibility index (Phi) is 7.71. The molecule has 0 radical (unpaired) electrons. The van der Waals surface area contributed by atoms with Gasteiger partial charge in [0.1, 0.15) is 5.75 Å². The predicted octanol–water partition coefficient (Wildman–Crippen LogP) is 2.42. The Hall–Kier alpha value is -1.11. The molecule has 6 heteroatoms. The maximum absolute atomic E-state index is 11.9. The summed E-state index contributed by atoms with van der Waals surface area (Å²) in [5.74, 6) is 0.318. The third kappa shape index (κ3) is 6.03. The number of carbonyl (C=O) groups is 1. The average molecular weight is 360 g/mol. The number of carbonyl (C=O) groups excluding carboxylic acids is 1. The molecule has 1 rings (SSSR count). The highest BCUT2D eigenvalue weighted by molar-refractivity contribution is 9.10. The van der Waals surface area contributed by atoms with Gasteiger partial charge in [-0.1, -0.05) is 15.9 Å². The highest BCUT2D eigenvalue weighted by atomic mass is 79.9. The highest BCUT2D eigenvalue weighted by Gasteiger charge is 2.17. The van der Waals surface area contributed by atoms with Crippen LogP contribution < -0.4 is 10.1 Å². The number of amides is 1. The van der Waals surface area contributed by atoms with Crippen LogP contribution in [0.2, 0.25) is 0 Å². The molecule has 2 unspecified atom stereocenters. The van der Waals surface area contributed by atoms with Gasteiger partial charge in [-0.25, -0.2) is 0 Å². The van der Waals surface area contributed by atoms with Crippen molar-refractivity contribution in [2.75, 3.05) is 20.3 Å². The number of hydrogen-bond donors (Lipinski definition) is 2. The van der Waals surface area contributed by atoms with Crippen molar-refractivity contribution in [1.29, 1.82) is 0 Å². The monoisotopic (exact) mass is 359 g/mol. The van der Waals surface area contributed by atoms with E-state index in [-0.39, 0.29) is 5.91 Å². The van der Waals surface area contributed by atoms with Crippen LogP contribution >= 0.6 is 15.9 Å². The molecule has 0 saturated carbocycles. The molecule has 0 bridgehead atoms. The lowest BCUT2D eigenvalue weighted by Gasteiger charge is -2.18. The van der Waals surface area contributed by atoms with Crippen LogP contribution in [0.15, 0.2) is 22.7 Å². The molecular weight excluding hydrogens is 338 g/mol. The molecule has 0 spiro atoms. The summed E-state index contributed by atoms with van der Waals surface area (Å²) in [6.45, 7) is 4.49. The van der Waals surface area contributed by atoms with Gasteiger partial charge >= 0.3 is 0 Å². The van der Waals surface area contributed by atoms with Crippen LogP contribution in [0.1, 0.15) is 31.9 Å². The molecule has 21 heavy (non-hydrogen) atoms. The van der Waals surface area contributed by atoms with Crippen molar-refractivity contribution < 1.29 is 19.4 Å². The van der Waals surface area contributed by atoms with Crippen LogP contribution in [-0.2, 0) is 9.53 Å². The molecule has 0 heterocycles. The summed E-state index contributed by atoms with van der Waals surface area (Å²) in [5.41, 5.74) is 0.642. The van der Waals surface area contributed by atoms with Crippen LogP contribution in [0.3, 0.4) is 0 Å². The maximum atomic E-state index is 11.9. The Labute approximate surface area is 133 Å². The quantitative estimate of drug-likeness (QED) is 0.699. The van der Waals surface area contributed by atoms with E-state index in [1.165, 1.54) is 0 Å². The molecule has 0 aromatic heterocycles. The zero-order valence-corrected chi connectivity index (χ0v) is 14.1. The van der Waals surface area contributed by atoms with Gasteiger partial charge in [-0.05, 0) is 38.5 Å². The van der Waals surface area contributed by atoms with Crippen molar-refractivity contribution in [3.63, 3.8) is 0 Å². The Morgan fingerprint density at radius 2 is 2.14 bits per heavy atom. The van der Waals surface area contributed by atoms with Crippen molar-refractivity contribution in [1.82, 2.24) is 5.32 Å². The third-order valence-corrected chi connectivity index (χ3v) is 3.41. The molecule has 0 aliphatic carbocycles. The summed E-state index contributed by atoms with van der Waals surface area (Å²) < 4.78 is 11.4. The minimum absolute atomic E-state index is 0.189. The van der Waals surface area contributed by atoms with Gasteiger partial charge in [0, 0.05) is 30.3 Å². The first-order chi connectivity index (χ1) is 9.95. The number of aliphatic hydroxyl groups is 1. The van der Waals surface area contributed by atoms with Crippen LogP contribution in [0, 0.1) is 0 Å². The van der Waals surface area contributed by atoms with Crippen molar-refractivity contribution in [3.8, 4) is 5.75 Å². The van der Waals surface area contributed by atoms with E-state index in [9.17, 15) is 9.90 Å². The third-order valence-electron chi connectivity index (χ3n) is 2.92. The van der Waals surface area contributed by atoms with E-state index in [0.717, 1.165) is 10.9 Å². The lowest BCUT2D eigenvalue weighted by Crippen LogP contribution is -2.37. The summed E-state index contributed by atoms with van der Waals surface area (Å²) in [6.07, 6.45) is -0.549. The smallest absolute Gasteiger partial charge is 0.260 e. The van der Waals surface area contributed by atoms with Crippen molar-refractivity contribution in [2.24, 2.45) is 0 Å². The van der Waals surface area contributed by atoms with E-state index in [2.05, 4.69) is 21.2 Å². The molecule has 2 N–H and O–H groups in total. The Morgan fingerprint density at radius 1 is 1.43 bits per heavy atom. The molecular formula is C15H22BrNO4. The number of rotatable bonds is 8. The number of hydrogen-bond acceptors (Lipinski definition) is 4. The second-order valence-corrected chi connectivity index (χ2v) is 5.67. The predicted molar refractivity (Wildman–Crippen MR) is 84.4 cm³/mol. The summed E-state index contributed by atoms with van der Waals surface area (Å²) in [6, 6.07) is 5.33. The molecule has 1 aromatic carbocycles. The standard InChI is InChI=1S/C15H22BrNO4/c1-10(18)13-9-12(16)5-6-14(13)21-11(2)15(19)17-7-4-8-20-3/h5-6,9-11,18H,4,7-8H2,1-3H3,(H,17,19). The molecule has 118 valence electrons. The lowest BCUT2D eigenvalue weighted by molar-refractivity contribution is -0.127. The molecule has 1 aromatic rings.